The van der Waals surface area contributed by atoms with Crippen molar-refractivity contribution in [1.29, 1.82) is 0 Å². The van der Waals surface area contributed by atoms with E-state index in [2.05, 4.69) is 0 Å². The molecule has 116 valence electrons. The van der Waals surface area contributed by atoms with Crippen LogP contribution < -0.4 is 0 Å². The average molecular weight is 295 g/mol. The molecule has 0 heterocycles. The quantitative estimate of drug-likeness (QED) is 0.612. The van der Waals surface area contributed by atoms with Gasteiger partial charge in [0.2, 0.25) is 0 Å². The first kappa shape index (κ1) is 14.0. The number of aromatic hydroxyl groups is 1. The van der Waals surface area contributed by atoms with Gasteiger partial charge in [0.25, 0.3) is 0 Å². The van der Waals surface area contributed by atoms with Crippen LogP contribution in [-0.4, -0.2) is 17.4 Å². The molecule has 0 saturated heterocycles. The lowest BCUT2D eigenvalue weighted by Gasteiger charge is -2.44. The largest absolute Gasteiger partial charge is 0.507 e. The van der Waals surface area contributed by atoms with E-state index in [4.69, 9.17) is 4.99 Å². The smallest absolute Gasteiger partial charge is 0.124 e. The van der Waals surface area contributed by atoms with Crippen LogP contribution in [-0.2, 0) is 0 Å². The van der Waals surface area contributed by atoms with Crippen molar-refractivity contribution in [2.75, 3.05) is 0 Å². The van der Waals surface area contributed by atoms with Crippen molar-refractivity contribution in [2.24, 2.45) is 16.8 Å². The molecule has 0 unspecified atom stereocenters. The Hall–Kier alpha value is -1.57. The molecule has 1 fully saturated rings. The van der Waals surface area contributed by atoms with E-state index >= 15 is 0 Å². The lowest BCUT2D eigenvalue weighted by molar-refractivity contribution is 0.215. The fourth-order valence-electron chi connectivity index (χ4n) is 4.85. The number of phenols is 1. The van der Waals surface area contributed by atoms with Crippen LogP contribution in [0.3, 0.4) is 0 Å². The summed E-state index contributed by atoms with van der Waals surface area (Å²) >= 11 is 0. The lowest BCUT2D eigenvalue weighted by atomic mass is 9.63. The van der Waals surface area contributed by atoms with Gasteiger partial charge in [-0.3, -0.25) is 4.99 Å². The predicted molar refractivity (Wildman–Crippen MR) is 90.4 cm³/mol. The molecular formula is C20H25NO. The Morgan fingerprint density at radius 1 is 1.05 bits per heavy atom. The fraction of sp³-hybridized carbons (Fsp3) is 0.550. The number of fused-ring (bicyclic) bond motifs is 3. The number of aliphatic imine (C=N–C) groups is 1. The van der Waals surface area contributed by atoms with Crippen molar-refractivity contribution in [3.05, 3.63) is 41.0 Å². The standard InChI is InChI=1S/C20H25NO/c22-19-11-4-2-7-16(19)13-21-20-15-8-5-10-18(20)17-9-3-1-6-14(17)12-15/h2,4,7,11,13,15,18,20,22H,1,3,5-6,8-10,12H2/t15-,18+,20+/m0/s1. The van der Waals surface area contributed by atoms with Gasteiger partial charge in [0.1, 0.15) is 5.75 Å². The van der Waals surface area contributed by atoms with E-state index in [9.17, 15) is 5.11 Å². The highest BCUT2D eigenvalue weighted by Crippen LogP contribution is 2.49. The van der Waals surface area contributed by atoms with Crippen LogP contribution in [0.15, 0.2) is 40.4 Å². The second kappa shape index (κ2) is 5.91. The summed E-state index contributed by atoms with van der Waals surface area (Å²) in [5, 5.41) is 9.93. The minimum absolute atomic E-state index is 0.338. The van der Waals surface area contributed by atoms with Crippen molar-refractivity contribution in [2.45, 2.75) is 57.4 Å². The van der Waals surface area contributed by atoms with Gasteiger partial charge in [-0.1, -0.05) is 29.7 Å². The third-order valence-corrected chi connectivity index (χ3v) is 5.89. The highest BCUT2D eigenvalue weighted by atomic mass is 16.3. The second-order valence-corrected chi connectivity index (χ2v) is 7.17. The van der Waals surface area contributed by atoms with Crippen LogP contribution in [0.25, 0.3) is 0 Å². The van der Waals surface area contributed by atoms with E-state index in [1.165, 1.54) is 51.4 Å². The molecule has 2 bridgehead atoms. The first-order chi connectivity index (χ1) is 10.8. The van der Waals surface area contributed by atoms with E-state index in [0.29, 0.717) is 17.7 Å². The number of nitrogens with zero attached hydrogens (tertiary/aromatic N) is 1. The van der Waals surface area contributed by atoms with E-state index in [-0.39, 0.29) is 0 Å². The maximum absolute atomic E-state index is 9.93. The molecule has 0 radical (unpaired) electrons. The van der Waals surface area contributed by atoms with Gasteiger partial charge >= 0.3 is 0 Å². The van der Waals surface area contributed by atoms with Crippen LogP contribution in [0.1, 0.15) is 56.9 Å². The Balaban J connectivity index is 1.62. The maximum atomic E-state index is 9.93. The Labute approximate surface area is 133 Å². The molecule has 0 amide bonds. The zero-order valence-electron chi connectivity index (χ0n) is 13.2. The topological polar surface area (TPSA) is 32.6 Å². The summed E-state index contributed by atoms with van der Waals surface area (Å²) in [5.41, 5.74) is 4.40. The Bertz CT molecular complexity index is 616. The van der Waals surface area contributed by atoms with Gasteiger partial charge in [0.15, 0.2) is 0 Å². The van der Waals surface area contributed by atoms with Crippen molar-refractivity contribution >= 4 is 6.21 Å². The van der Waals surface area contributed by atoms with Gasteiger partial charge in [-0.05, 0) is 63.0 Å². The number of phenolic OH excluding ortho intramolecular Hbond substituents is 1. The van der Waals surface area contributed by atoms with Crippen LogP contribution >= 0.6 is 0 Å². The molecule has 3 aliphatic rings. The molecule has 1 aromatic carbocycles. The first-order valence-corrected chi connectivity index (χ1v) is 8.85. The summed E-state index contributed by atoms with van der Waals surface area (Å²) < 4.78 is 0. The Morgan fingerprint density at radius 2 is 1.91 bits per heavy atom. The molecule has 22 heavy (non-hydrogen) atoms. The van der Waals surface area contributed by atoms with E-state index < -0.39 is 0 Å². The summed E-state index contributed by atoms with van der Waals surface area (Å²) in [6, 6.07) is 7.96. The molecule has 0 spiro atoms. The summed E-state index contributed by atoms with van der Waals surface area (Å²) in [6.45, 7) is 0. The molecule has 1 aromatic rings. The molecule has 1 saturated carbocycles. The number of hydrogen-bond acceptors (Lipinski definition) is 2. The summed E-state index contributed by atoms with van der Waals surface area (Å²) in [4.78, 5) is 4.97. The number of benzene rings is 1. The van der Waals surface area contributed by atoms with Gasteiger partial charge < -0.3 is 5.11 Å². The molecule has 2 heteroatoms. The molecule has 2 nitrogen and oxygen atoms in total. The Kier molecular flexibility index (Phi) is 3.77. The van der Waals surface area contributed by atoms with Gasteiger partial charge in [-0.2, -0.15) is 0 Å². The van der Waals surface area contributed by atoms with Crippen LogP contribution in [0.4, 0.5) is 0 Å². The van der Waals surface area contributed by atoms with Crippen LogP contribution in [0.2, 0.25) is 0 Å². The summed E-state index contributed by atoms with van der Waals surface area (Å²) in [7, 11) is 0. The van der Waals surface area contributed by atoms with Gasteiger partial charge in [-0.15, -0.1) is 0 Å². The van der Waals surface area contributed by atoms with Gasteiger partial charge in [0.05, 0.1) is 6.04 Å². The first-order valence-electron chi connectivity index (χ1n) is 8.85. The number of para-hydroxylation sites is 1. The van der Waals surface area contributed by atoms with Crippen LogP contribution in [0.5, 0.6) is 5.75 Å². The average Bonchev–Trinajstić information content (AvgIpc) is 2.54. The predicted octanol–water partition coefficient (Wildman–Crippen LogP) is 4.87. The summed E-state index contributed by atoms with van der Waals surface area (Å²) in [5.74, 6) is 1.76. The third-order valence-electron chi connectivity index (χ3n) is 5.89. The maximum Gasteiger partial charge on any atom is 0.124 e. The molecular weight excluding hydrogens is 270 g/mol. The molecule has 4 rings (SSSR count). The second-order valence-electron chi connectivity index (χ2n) is 7.17. The molecule has 3 atom stereocenters. The van der Waals surface area contributed by atoms with E-state index in [1.807, 2.05) is 24.4 Å². The van der Waals surface area contributed by atoms with E-state index in [0.717, 1.165) is 11.5 Å². The molecule has 0 aliphatic heterocycles. The zero-order valence-corrected chi connectivity index (χ0v) is 13.2. The molecule has 1 N–H and O–H groups in total. The number of hydrogen-bond donors (Lipinski definition) is 1. The van der Waals surface area contributed by atoms with Gasteiger partial charge in [-0.25, -0.2) is 0 Å². The zero-order chi connectivity index (χ0) is 14.9. The summed E-state index contributed by atoms with van der Waals surface area (Å²) in [6.07, 6.45) is 12.6. The van der Waals surface area contributed by atoms with Crippen molar-refractivity contribution in [3.8, 4) is 5.75 Å². The normalized spacial score (nSPS) is 31.4. The Morgan fingerprint density at radius 3 is 2.82 bits per heavy atom. The monoisotopic (exact) mass is 295 g/mol. The third kappa shape index (κ3) is 2.49. The SMILES string of the molecule is Oc1ccccc1C=N[C@@H]1[C@H]2CCC[C@@H]1C1=C(CCCC1)C2. The minimum Gasteiger partial charge on any atom is -0.507 e. The molecule has 0 aromatic heterocycles. The minimum atomic E-state index is 0.338. The highest BCUT2D eigenvalue weighted by Gasteiger charge is 2.40. The van der Waals surface area contributed by atoms with Crippen molar-refractivity contribution in [1.82, 2.24) is 0 Å². The molecule has 3 aliphatic carbocycles. The van der Waals surface area contributed by atoms with Crippen LogP contribution in [0, 0.1) is 11.8 Å². The van der Waals surface area contributed by atoms with Gasteiger partial charge in [0, 0.05) is 17.7 Å². The fourth-order valence-corrected chi connectivity index (χ4v) is 4.85. The van der Waals surface area contributed by atoms with E-state index in [1.54, 1.807) is 17.2 Å². The number of rotatable bonds is 2. The van der Waals surface area contributed by atoms with Crippen molar-refractivity contribution < 1.29 is 5.11 Å². The lowest BCUT2D eigenvalue weighted by Crippen LogP contribution is -2.38. The van der Waals surface area contributed by atoms with Crippen molar-refractivity contribution in [3.63, 3.8) is 0 Å². The highest BCUT2D eigenvalue weighted by molar-refractivity contribution is 5.83. The number of allylic oxidation sites excluding steroid dienone is 1.